The molecule has 3 aromatic rings. The number of carbonyl (C=O) groups excluding carboxylic acids is 1. The van der Waals surface area contributed by atoms with E-state index in [1.165, 1.54) is 36.7 Å². The third-order valence-corrected chi connectivity index (χ3v) is 5.22. The van der Waals surface area contributed by atoms with Gasteiger partial charge in [0.2, 0.25) is 0 Å². The number of nitrogens with one attached hydrogen (secondary N) is 1. The predicted molar refractivity (Wildman–Crippen MR) is 109 cm³/mol. The Labute approximate surface area is 163 Å². The van der Waals surface area contributed by atoms with E-state index in [0.717, 1.165) is 33.7 Å². The SMILES string of the molecule is CCCCCCNC(=O)c1cc(Sc2ccc(F)cc2)nc2ccccc12. The van der Waals surface area contributed by atoms with Crippen LogP contribution in [0.2, 0.25) is 0 Å². The van der Waals surface area contributed by atoms with Crippen LogP contribution in [0.3, 0.4) is 0 Å². The van der Waals surface area contributed by atoms with Gasteiger partial charge in [-0.05, 0) is 42.8 Å². The Balaban J connectivity index is 1.82. The minimum absolute atomic E-state index is 0.0777. The fourth-order valence-electron chi connectivity index (χ4n) is 2.86. The van der Waals surface area contributed by atoms with Crippen molar-refractivity contribution in [3.05, 3.63) is 66.0 Å². The lowest BCUT2D eigenvalue weighted by molar-refractivity contribution is 0.0954. The number of benzene rings is 2. The lowest BCUT2D eigenvalue weighted by Gasteiger charge is -2.10. The molecule has 5 heteroatoms. The van der Waals surface area contributed by atoms with Crippen molar-refractivity contribution in [2.75, 3.05) is 6.54 Å². The molecule has 0 fully saturated rings. The molecule has 0 aliphatic heterocycles. The first-order chi connectivity index (χ1) is 13.2. The summed E-state index contributed by atoms with van der Waals surface area (Å²) in [6.07, 6.45) is 4.47. The van der Waals surface area contributed by atoms with Crippen LogP contribution in [0.1, 0.15) is 43.0 Å². The van der Waals surface area contributed by atoms with E-state index < -0.39 is 0 Å². The van der Waals surface area contributed by atoms with Crippen molar-refractivity contribution in [2.45, 2.75) is 42.5 Å². The Kier molecular flexibility index (Phi) is 6.82. The number of aromatic nitrogens is 1. The highest BCUT2D eigenvalue weighted by molar-refractivity contribution is 7.99. The van der Waals surface area contributed by atoms with Gasteiger partial charge in [0.05, 0.1) is 11.1 Å². The number of hydrogen-bond acceptors (Lipinski definition) is 3. The number of unbranched alkanes of at least 4 members (excludes halogenated alkanes) is 3. The fourth-order valence-corrected chi connectivity index (χ4v) is 3.70. The number of pyridine rings is 1. The normalized spacial score (nSPS) is 10.9. The quantitative estimate of drug-likeness (QED) is 0.498. The highest BCUT2D eigenvalue weighted by Gasteiger charge is 2.13. The molecular formula is C22H23FN2OS. The van der Waals surface area contributed by atoms with Crippen LogP contribution >= 0.6 is 11.8 Å². The van der Waals surface area contributed by atoms with Gasteiger partial charge in [-0.2, -0.15) is 0 Å². The van der Waals surface area contributed by atoms with Crippen LogP contribution in [0, 0.1) is 5.82 Å². The van der Waals surface area contributed by atoms with Gasteiger partial charge in [-0.15, -0.1) is 0 Å². The molecule has 3 rings (SSSR count). The van der Waals surface area contributed by atoms with Crippen molar-refractivity contribution in [3.63, 3.8) is 0 Å². The minimum atomic E-state index is -0.269. The number of rotatable bonds is 8. The molecule has 0 spiro atoms. The summed E-state index contributed by atoms with van der Waals surface area (Å²) in [4.78, 5) is 18.3. The van der Waals surface area contributed by atoms with E-state index in [1.54, 1.807) is 12.1 Å². The summed E-state index contributed by atoms with van der Waals surface area (Å²) in [6.45, 7) is 2.85. The summed E-state index contributed by atoms with van der Waals surface area (Å²) in [5.41, 5.74) is 1.40. The second kappa shape index (κ2) is 9.51. The van der Waals surface area contributed by atoms with Crippen molar-refractivity contribution >= 4 is 28.6 Å². The fraction of sp³-hybridized carbons (Fsp3) is 0.273. The van der Waals surface area contributed by atoms with Gasteiger partial charge in [0.25, 0.3) is 5.91 Å². The van der Waals surface area contributed by atoms with Gasteiger partial charge in [0, 0.05) is 16.8 Å². The monoisotopic (exact) mass is 382 g/mol. The summed E-state index contributed by atoms with van der Waals surface area (Å²) in [6, 6.07) is 15.7. The van der Waals surface area contributed by atoms with Crippen LogP contribution in [0.5, 0.6) is 0 Å². The number of carbonyl (C=O) groups is 1. The maximum atomic E-state index is 13.1. The molecule has 27 heavy (non-hydrogen) atoms. The Morgan fingerprint density at radius 1 is 1.07 bits per heavy atom. The van der Waals surface area contributed by atoms with Gasteiger partial charge in [-0.25, -0.2) is 9.37 Å². The molecular weight excluding hydrogens is 359 g/mol. The zero-order chi connectivity index (χ0) is 19.1. The van der Waals surface area contributed by atoms with E-state index in [1.807, 2.05) is 30.3 Å². The molecule has 0 atom stereocenters. The van der Waals surface area contributed by atoms with Gasteiger partial charge in [-0.1, -0.05) is 56.1 Å². The van der Waals surface area contributed by atoms with Crippen molar-refractivity contribution in [3.8, 4) is 0 Å². The predicted octanol–water partition coefficient (Wildman–Crippen LogP) is 5.84. The topological polar surface area (TPSA) is 42.0 Å². The number of nitrogens with zero attached hydrogens (tertiary/aromatic N) is 1. The molecule has 0 bridgehead atoms. The highest BCUT2D eigenvalue weighted by atomic mass is 32.2. The van der Waals surface area contributed by atoms with Crippen molar-refractivity contribution in [1.82, 2.24) is 10.3 Å². The molecule has 0 aliphatic carbocycles. The number of hydrogen-bond donors (Lipinski definition) is 1. The Hall–Kier alpha value is -2.40. The lowest BCUT2D eigenvalue weighted by Crippen LogP contribution is -2.24. The maximum Gasteiger partial charge on any atom is 0.252 e. The minimum Gasteiger partial charge on any atom is -0.352 e. The zero-order valence-corrected chi connectivity index (χ0v) is 16.2. The van der Waals surface area contributed by atoms with E-state index >= 15 is 0 Å². The lowest BCUT2D eigenvalue weighted by atomic mass is 10.1. The molecule has 0 saturated heterocycles. The van der Waals surface area contributed by atoms with E-state index in [0.29, 0.717) is 12.1 Å². The van der Waals surface area contributed by atoms with Gasteiger partial charge in [0.15, 0.2) is 0 Å². The summed E-state index contributed by atoms with van der Waals surface area (Å²) < 4.78 is 13.1. The van der Waals surface area contributed by atoms with Crippen LogP contribution in [-0.2, 0) is 0 Å². The van der Waals surface area contributed by atoms with Gasteiger partial charge in [-0.3, -0.25) is 4.79 Å². The first-order valence-electron chi connectivity index (χ1n) is 9.29. The Morgan fingerprint density at radius 3 is 2.63 bits per heavy atom. The van der Waals surface area contributed by atoms with Crippen LogP contribution in [0.25, 0.3) is 10.9 Å². The van der Waals surface area contributed by atoms with Crippen LogP contribution in [0.4, 0.5) is 4.39 Å². The van der Waals surface area contributed by atoms with Crippen molar-refractivity contribution < 1.29 is 9.18 Å². The second-order valence-electron chi connectivity index (χ2n) is 6.40. The average Bonchev–Trinajstić information content (AvgIpc) is 2.69. The van der Waals surface area contributed by atoms with E-state index in [9.17, 15) is 9.18 Å². The maximum absolute atomic E-state index is 13.1. The third-order valence-electron chi connectivity index (χ3n) is 4.29. The molecule has 1 amide bonds. The molecule has 2 aromatic carbocycles. The molecule has 0 aliphatic rings. The summed E-state index contributed by atoms with van der Waals surface area (Å²) in [7, 11) is 0. The third kappa shape index (κ3) is 5.30. The molecule has 0 unspecified atom stereocenters. The number of para-hydroxylation sites is 1. The zero-order valence-electron chi connectivity index (χ0n) is 15.4. The Morgan fingerprint density at radius 2 is 1.85 bits per heavy atom. The van der Waals surface area contributed by atoms with E-state index in [4.69, 9.17) is 0 Å². The van der Waals surface area contributed by atoms with E-state index in [2.05, 4.69) is 17.2 Å². The van der Waals surface area contributed by atoms with Crippen molar-refractivity contribution in [1.29, 1.82) is 0 Å². The van der Waals surface area contributed by atoms with E-state index in [-0.39, 0.29) is 11.7 Å². The average molecular weight is 383 g/mol. The molecule has 1 heterocycles. The molecule has 3 nitrogen and oxygen atoms in total. The van der Waals surface area contributed by atoms with Gasteiger partial charge < -0.3 is 5.32 Å². The molecule has 140 valence electrons. The number of halogens is 1. The highest BCUT2D eigenvalue weighted by Crippen LogP contribution is 2.29. The van der Waals surface area contributed by atoms with Crippen LogP contribution in [0.15, 0.2) is 64.5 Å². The number of fused-ring (bicyclic) bond motifs is 1. The number of amides is 1. The molecule has 1 aromatic heterocycles. The van der Waals surface area contributed by atoms with Crippen LogP contribution < -0.4 is 5.32 Å². The molecule has 0 radical (unpaired) electrons. The summed E-state index contributed by atoms with van der Waals surface area (Å²) in [5, 5.41) is 4.58. The molecule has 1 N–H and O–H groups in total. The van der Waals surface area contributed by atoms with Gasteiger partial charge >= 0.3 is 0 Å². The summed E-state index contributed by atoms with van der Waals surface area (Å²) in [5.74, 6) is -0.347. The standard InChI is InChI=1S/C22H23FN2OS/c1-2-3-4-7-14-24-22(26)19-15-21(25-20-9-6-5-8-18(19)20)27-17-12-10-16(23)11-13-17/h5-6,8-13,15H,2-4,7,14H2,1H3,(H,24,26). The Bertz CT molecular complexity index is 912. The first kappa shape index (κ1) is 19.4. The van der Waals surface area contributed by atoms with Crippen LogP contribution in [-0.4, -0.2) is 17.4 Å². The smallest absolute Gasteiger partial charge is 0.252 e. The second-order valence-corrected chi connectivity index (χ2v) is 7.49. The largest absolute Gasteiger partial charge is 0.352 e. The van der Waals surface area contributed by atoms with Crippen molar-refractivity contribution in [2.24, 2.45) is 0 Å². The first-order valence-corrected chi connectivity index (χ1v) is 10.1. The molecule has 0 saturated carbocycles. The van der Waals surface area contributed by atoms with Gasteiger partial charge in [0.1, 0.15) is 10.8 Å². The summed E-state index contributed by atoms with van der Waals surface area (Å²) >= 11 is 1.42.